The summed E-state index contributed by atoms with van der Waals surface area (Å²) in [7, 11) is 0. The van der Waals surface area contributed by atoms with Crippen LogP contribution < -0.4 is 10.2 Å². The van der Waals surface area contributed by atoms with Crippen LogP contribution in [0.25, 0.3) is 0 Å². The van der Waals surface area contributed by atoms with Crippen molar-refractivity contribution in [3.63, 3.8) is 0 Å². The Morgan fingerprint density at radius 2 is 1.76 bits per heavy atom. The summed E-state index contributed by atoms with van der Waals surface area (Å²) in [5, 5.41) is 3.60. The highest BCUT2D eigenvalue weighted by atomic mass is 35.5. The van der Waals surface area contributed by atoms with Crippen molar-refractivity contribution in [2.24, 2.45) is 0 Å². The van der Waals surface area contributed by atoms with Crippen LogP contribution in [0.5, 0.6) is 0 Å². The van der Waals surface area contributed by atoms with Crippen molar-refractivity contribution < 1.29 is 9.59 Å². The lowest BCUT2D eigenvalue weighted by Crippen LogP contribution is -2.70. The Labute approximate surface area is 129 Å². The van der Waals surface area contributed by atoms with Gasteiger partial charge in [0.1, 0.15) is 11.6 Å². The van der Waals surface area contributed by atoms with E-state index in [2.05, 4.69) is 5.32 Å². The molecule has 1 aromatic carbocycles. The van der Waals surface area contributed by atoms with Crippen molar-refractivity contribution in [1.82, 2.24) is 5.32 Å². The second kappa shape index (κ2) is 5.34. The van der Waals surface area contributed by atoms with E-state index in [1.165, 1.54) is 0 Å². The fraction of sp³-hybridized carbons (Fsp3) is 0.500. The van der Waals surface area contributed by atoms with Gasteiger partial charge >= 0.3 is 0 Å². The first-order valence-corrected chi connectivity index (χ1v) is 7.83. The lowest BCUT2D eigenvalue weighted by atomic mass is 9.78. The van der Waals surface area contributed by atoms with Gasteiger partial charge in [0.05, 0.1) is 0 Å². The van der Waals surface area contributed by atoms with Gasteiger partial charge in [0.15, 0.2) is 0 Å². The Morgan fingerprint density at radius 1 is 1.14 bits per heavy atom. The number of nitrogens with zero attached hydrogens (tertiary/aromatic N) is 1. The summed E-state index contributed by atoms with van der Waals surface area (Å²) in [5.41, 5.74) is 0.0262. The molecule has 0 radical (unpaired) electrons. The first-order valence-electron chi connectivity index (χ1n) is 7.45. The topological polar surface area (TPSA) is 49.4 Å². The summed E-state index contributed by atoms with van der Waals surface area (Å²) in [6, 6.07) is 6.59. The quantitative estimate of drug-likeness (QED) is 0.867. The van der Waals surface area contributed by atoms with Gasteiger partial charge in [0, 0.05) is 10.7 Å². The van der Waals surface area contributed by atoms with Crippen molar-refractivity contribution >= 4 is 29.1 Å². The molecule has 2 amide bonds. The molecule has 2 fully saturated rings. The minimum Gasteiger partial charge on any atom is -0.340 e. The molecule has 0 aromatic heterocycles. The van der Waals surface area contributed by atoms with Crippen molar-refractivity contribution in [3.05, 3.63) is 29.3 Å². The molecule has 5 heteroatoms. The summed E-state index contributed by atoms with van der Waals surface area (Å²) in [6.45, 7) is 1.76. The molecule has 1 N–H and O–H groups in total. The first-order chi connectivity index (χ1) is 10.0. The number of anilines is 1. The zero-order valence-corrected chi connectivity index (χ0v) is 12.8. The van der Waals surface area contributed by atoms with Crippen molar-refractivity contribution in [2.75, 3.05) is 4.90 Å². The standard InChI is InChI=1S/C16H19ClN2O2/c1-11-14(20)18-16(9-3-2-4-10-16)15(21)19(11)13-7-5-12(17)6-8-13/h5-8,11H,2-4,9-10H2,1H3,(H,18,20). The molecule has 1 unspecified atom stereocenters. The Balaban J connectivity index is 1.98. The molecular formula is C16H19ClN2O2. The molecule has 1 atom stereocenters. The van der Waals surface area contributed by atoms with Crippen LogP contribution in [-0.4, -0.2) is 23.4 Å². The van der Waals surface area contributed by atoms with Gasteiger partial charge in [-0.15, -0.1) is 0 Å². The van der Waals surface area contributed by atoms with Crippen LogP contribution in [0.4, 0.5) is 5.69 Å². The lowest BCUT2D eigenvalue weighted by molar-refractivity contribution is -0.139. The number of nitrogens with one attached hydrogen (secondary N) is 1. The number of hydrogen-bond acceptors (Lipinski definition) is 2. The monoisotopic (exact) mass is 306 g/mol. The molecule has 1 aliphatic carbocycles. The maximum absolute atomic E-state index is 13.0. The maximum atomic E-state index is 13.0. The van der Waals surface area contributed by atoms with E-state index in [-0.39, 0.29) is 11.8 Å². The molecule has 1 aliphatic heterocycles. The van der Waals surface area contributed by atoms with Crippen LogP contribution in [0.15, 0.2) is 24.3 Å². The molecular weight excluding hydrogens is 288 g/mol. The molecule has 112 valence electrons. The zero-order valence-electron chi connectivity index (χ0n) is 12.1. The van der Waals surface area contributed by atoms with Crippen molar-refractivity contribution in [3.8, 4) is 0 Å². The van der Waals surface area contributed by atoms with Crippen LogP contribution in [0, 0.1) is 0 Å². The number of carbonyl (C=O) groups excluding carboxylic acids is 2. The molecule has 1 saturated carbocycles. The summed E-state index contributed by atoms with van der Waals surface area (Å²) in [4.78, 5) is 27.0. The Morgan fingerprint density at radius 3 is 2.38 bits per heavy atom. The number of halogens is 1. The summed E-state index contributed by atoms with van der Waals surface area (Å²) in [5.74, 6) is -0.0666. The summed E-state index contributed by atoms with van der Waals surface area (Å²) in [6.07, 6.45) is 4.55. The molecule has 1 saturated heterocycles. The van der Waals surface area contributed by atoms with E-state index in [1.54, 1.807) is 36.1 Å². The van der Waals surface area contributed by atoms with Gasteiger partial charge < -0.3 is 5.32 Å². The molecule has 2 aliphatic rings. The van der Waals surface area contributed by atoms with Gasteiger partial charge in [-0.25, -0.2) is 0 Å². The Kier molecular flexibility index (Phi) is 3.66. The number of benzene rings is 1. The normalized spacial score (nSPS) is 25.0. The minimum atomic E-state index is -0.707. The van der Waals surface area contributed by atoms with Crippen LogP contribution in [0.3, 0.4) is 0 Å². The Bertz CT molecular complexity index is 564. The van der Waals surface area contributed by atoms with Crippen molar-refractivity contribution in [2.45, 2.75) is 50.6 Å². The minimum absolute atomic E-state index is 0.0108. The largest absolute Gasteiger partial charge is 0.340 e. The van der Waals surface area contributed by atoms with Crippen LogP contribution in [0.2, 0.25) is 5.02 Å². The number of piperazine rings is 1. The second-order valence-corrected chi connectivity index (χ2v) is 6.40. The van der Waals surface area contributed by atoms with Gasteiger partial charge in [0.25, 0.3) is 5.91 Å². The number of carbonyl (C=O) groups is 2. The van der Waals surface area contributed by atoms with Crippen LogP contribution >= 0.6 is 11.6 Å². The highest BCUT2D eigenvalue weighted by Gasteiger charge is 2.50. The Hall–Kier alpha value is -1.55. The predicted octanol–water partition coefficient (Wildman–Crippen LogP) is 2.89. The summed E-state index contributed by atoms with van der Waals surface area (Å²) < 4.78 is 0. The van der Waals surface area contributed by atoms with E-state index in [0.717, 1.165) is 37.8 Å². The van der Waals surface area contributed by atoms with E-state index in [9.17, 15) is 9.59 Å². The smallest absolute Gasteiger partial charge is 0.253 e. The van der Waals surface area contributed by atoms with Crippen molar-refractivity contribution in [1.29, 1.82) is 0 Å². The molecule has 0 bridgehead atoms. The highest BCUT2D eigenvalue weighted by molar-refractivity contribution is 6.30. The van der Waals surface area contributed by atoms with E-state index in [0.29, 0.717) is 5.02 Å². The van der Waals surface area contributed by atoms with Gasteiger partial charge in [-0.1, -0.05) is 30.9 Å². The second-order valence-electron chi connectivity index (χ2n) is 5.96. The van der Waals surface area contributed by atoms with E-state index >= 15 is 0 Å². The van der Waals surface area contributed by atoms with Gasteiger partial charge in [-0.2, -0.15) is 0 Å². The van der Waals surface area contributed by atoms with Gasteiger partial charge in [0.2, 0.25) is 5.91 Å². The third-order valence-electron chi connectivity index (χ3n) is 4.57. The fourth-order valence-corrected chi connectivity index (χ4v) is 3.48. The average Bonchev–Trinajstić information content (AvgIpc) is 2.49. The molecule has 1 aromatic rings. The van der Waals surface area contributed by atoms with Crippen LogP contribution in [0.1, 0.15) is 39.0 Å². The molecule has 4 nitrogen and oxygen atoms in total. The lowest BCUT2D eigenvalue weighted by Gasteiger charge is -2.46. The first kappa shape index (κ1) is 14.4. The molecule has 1 spiro atoms. The average molecular weight is 307 g/mol. The predicted molar refractivity (Wildman–Crippen MR) is 82.4 cm³/mol. The van der Waals surface area contributed by atoms with Crippen LogP contribution in [-0.2, 0) is 9.59 Å². The highest BCUT2D eigenvalue weighted by Crippen LogP contribution is 2.35. The fourth-order valence-electron chi connectivity index (χ4n) is 3.35. The van der Waals surface area contributed by atoms with Gasteiger partial charge in [-0.3, -0.25) is 14.5 Å². The SMILES string of the molecule is CC1C(=O)NC2(CCCCC2)C(=O)N1c1ccc(Cl)cc1. The van der Waals surface area contributed by atoms with E-state index < -0.39 is 11.6 Å². The number of hydrogen-bond donors (Lipinski definition) is 1. The van der Waals surface area contributed by atoms with E-state index in [4.69, 9.17) is 11.6 Å². The van der Waals surface area contributed by atoms with E-state index in [1.807, 2.05) is 0 Å². The number of rotatable bonds is 1. The summed E-state index contributed by atoms with van der Waals surface area (Å²) >= 11 is 5.91. The molecule has 1 heterocycles. The molecule has 21 heavy (non-hydrogen) atoms. The van der Waals surface area contributed by atoms with Gasteiger partial charge in [-0.05, 0) is 44.0 Å². The number of amides is 2. The third-order valence-corrected chi connectivity index (χ3v) is 4.82. The third kappa shape index (κ3) is 2.42. The zero-order chi connectivity index (χ0) is 15.0. The molecule has 3 rings (SSSR count). The maximum Gasteiger partial charge on any atom is 0.253 e.